The Labute approximate surface area is 104 Å². The molecule has 0 saturated heterocycles. The van der Waals surface area contributed by atoms with E-state index in [1.165, 1.54) is 6.42 Å². The maximum absolute atomic E-state index is 5.73. The molecule has 1 unspecified atom stereocenters. The van der Waals surface area contributed by atoms with Crippen LogP contribution < -0.4 is 5.73 Å². The van der Waals surface area contributed by atoms with Crippen LogP contribution in [0.3, 0.4) is 0 Å². The fourth-order valence-electron chi connectivity index (χ4n) is 1.54. The van der Waals surface area contributed by atoms with Gasteiger partial charge < -0.3 is 15.2 Å². The molecule has 0 fully saturated rings. The third-order valence-corrected chi connectivity index (χ3v) is 2.62. The quantitative estimate of drug-likeness (QED) is 0.558. The molecule has 0 saturated carbocycles. The highest BCUT2D eigenvalue weighted by atomic mass is 16.5. The van der Waals surface area contributed by atoms with Crippen LogP contribution in [0.1, 0.15) is 38.4 Å². The number of nitrogen functional groups attached to an aromatic ring is 1. The first-order valence-corrected chi connectivity index (χ1v) is 6.28. The second-order valence-electron chi connectivity index (χ2n) is 4.15. The first-order chi connectivity index (χ1) is 8.24. The monoisotopic (exact) mass is 237 g/mol. The summed E-state index contributed by atoms with van der Waals surface area (Å²) in [5.41, 5.74) is 7.61. The van der Waals surface area contributed by atoms with Crippen molar-refractivity contribution in [3.8, 4) is 0 Å². The van der Waals surface area contributed by atoms with Crippen LogP contribution in [-0.2, 0) is 9.47 Å². The summed E-state index contributed by atoms with van der Waals surface area (Å²) in [6.07, 6.45) is 2.35. The SMILES string of the molecule is CCCCOCCOC(C)c1cccc(N)c1. The van der Waals surface area contributed by atoms with Crippen molar-refractivity contribution in [1.82, 2.24) is 0 Å². The van der Waals surface area contributed by atoms with E-state index in [0.29, 0.717) is 13.2 Å². The highest BCUT2D eigenvalue weighted by molar-refractivity contribution is 5.41. The van der Waals surface area contributed by atoms with E-state index in [2.05, 4.69) is 6.92 Å². The van der Waals surface area contributed by atoms with Gasteiger partial charge in [-0.3, -0.25) is 0 Å². The molecule has 0 aliphatic heterocycles. The third kappa shape index (κ3) is 5.71. The van der Waals surface area contributed by atoms with Crippen molar-refractivity contribution in [1.29, 1.82) is 0 Å². The summed E-state index contributed by atoms with van der Waals surface area (Å²) in [7, 11) is 0. The first kappa shape index (κ1) is 14.0. The molecule has 96 valence electrons. The minimum absolute atomic E-state index is 0.0632. The van der Waals surface area contributed by atoms with Gasteiger partial charge in [0.2, 0.25) is 0 Å². The second kappa shape index (κ2) is 8.09. The molecule has 1 aromatic rings. The van der Waals surface area contributed by atoms with Crippen molar-refractivity contribution in [2.45, 2.75) is 32.8 Å². The zero-order chi connectivity index (χ0) is 12.5. The average molecular weight is 237 g/mol. The maximum atomic E-state index is 5.73. The van der Waals surface area contributed by atoms with Crippen molar-refractivity contribution < 1.29 is 9.47 Å². The van der Waals surface area contributed by atoms with Crippen molar-refractivity contribution in [2.75, 3.05) is 25.6 Å². The average Bonchev–Trinajstić information content (AvgIpc) is 2.33. The summed E-state index contributed by atoms with van der Waals surface area (Å²) < 4.78 is 11.1. The van der Waals surface area contributed by atoms with Gasteiger partial charge in [0.05, 0.1) is 19.3 Å². The van der Waals surface area contributed by atoms with Crippen molar-refractivity contribution in [3.05, 3.63) is 29.8 Å². The topological polar surface area (TPSA) is 44.5 Å². The molecule has 2 N–H and O–H groups in total. The van der Waals surface area contributed by atoms with Crippen LogP contribution in [0.4, 0.5) is 5.69 Å². The predicted molar refractivity (Wildman–Crippen MR) is 70.9 cm³/mol. The molecule has 1 atom stereocenters. The smallest absolute Gasteiger partial charge is 0.0798 e. The molecule has 0 bridgehead atoms. The van der Waals surface area contributed by atoms with Crippen LogP contribution in [0.2, 0.25) is 0 Å². The van der Waals surface area contributed by atoms with E-state index in [0.717, 1.165) is 24.3 Å². The van der Waals surface area contributed by atoms with E-state index in [1.807, 2.05) is 31.2 Å². The summed E-state index contributed by atoms with van der Waals surface area (Å²) in [5, 5.41) is 0. The van der Waals surface area contributed by atoms with Gasteiger partial charge in [0.1, 0.15) is 0 Å². The van der Waals surface area contributed by atoms with E-state index in [4.69, 9.17) is 15.2 Å². The summed E-state index contributed by atoms with van der Waals surface area (Å²) in [4.78, 5) is 0. The van der Waals surface area contributed by atoms with E-state index in [-0.39, 0.29) is 6.10 Å². The molecule has 0 heterocycles. The number of rotatable bonds is 8. The molecule has 1 aromatic carbocycles. The normalized spacial score (nSPS) is 12.6. The predicted octanol–water partition coefficient (Wildman–Crippen LogP) is 3.16. The minimum atomic E-state index is 0.0632. The number of benzene rings is 1. The van der Waals surface area contributed by atoms with E-state index in [9.17, 15) is 0 Å². The molecule has 0 aliphatic rings. The fourth-order valence-corrected chi connectivity index (χ4v) is 1.54. The summed E-state index contributed by atoms with van der Waals surface area (Å²) in [6.45, 7) is 6.29. The summed E-state index contributed by atoms with van der Waals surface area (Å²) in [5.74, 6) is 0. The van der Waals surface area contributed by atoms with Crippen LogP contribution in [-0.4, -0.2) is 19.8 Å². The Balaban J connectivity index is 2.19. The van der Waals surface area contributed by atoms with Gasteiger partial charge in [-0.2, -0.15) is 0 Å². The lowest BCUT2D eigenvalue weighted by molar-refractivity contribution is 0.0109. The Morgan fingerprint density at radius 3 is 2.76 bits per heavy atom. The molecule has 3 nitrogen and oxygen atoms in total. The largest absolute Gasteiger partial charge is 0.399 e. The summed E-state index contributed by atoms with van der Waals surface area (Å²) in [6, 6.07) is 7.80. The van der Waals surface area contributed by atoms with Crippen molar-refractivity contribution >= 4 is 5.69 Å². The number of hydrogen-bond donors (Lipinski definition) is 1. The summed E-state index contributed by atoms with van der Waals surface area (Å²) >= 11 is 0. The van der Waals surface area contributed by atoms with Gasteiger partial charge in [-0.25, -0.2) is 0 Å². The lowest BCUT2D eigenvalue weighted by Crippen LogP contribution is -2.08. The highest BCUT2D eigenvalue weighted by Gasteiger charge is 2.05. The number of ether oxygens (including phenoxy) is 2. The van der Waals surface area contributed by atoms with Crippen LogP contribution in [0.15, 0.2) is 24.3 Å². The van der Waals surface area contributed by atoms with Gasteiger partial charge >= 0.3 is 0 Å². The minimum Gasteiger partial charge on any atom is -0.399 e. The molecule has 0 aliphatic carbocycles. The van der Waals surface area contributed by atoms with E-state index < -0.39 is 0 Å². The van der Waals surface area contributed by atoms with Gasteiger partial charge in [-0.1, -0.05) is 25.5 Å². The third-order valence-electron chi connectivity index (χ3n) is 2.62. The van der Waals surface area contributed by atoms with Gasteiger partial charge in [-0.15, -0.1) is 0 Å². The number of hydrogen-bond acceptors (Lipinski definition) is 3. The Bertz CT molecular complexity index is 315. The van der Waals surface area contributed by atoms with Crippen LogP contribution >= 0.6 is 0 Å². The molecular weight excluding hydrogens is 214 g/mol. The molecule has 3 heteroatoms. The lowest BCUT2D eigenvalue weighted by atomic mass is 10.1. The number of unbranched alkanes of at least 4 members (excludes halogenated alkanes) is 1. The Kier molecular flexibility index (Phi) is 6.67. The van der Waals surface area contributed by atoms with E-state index in [1.54, 1.807) is 0 Å². The van der Waals surface area contributed by atoms with Crippen LogP contribution in [0, 0.1) is 0 Å². The molecule has 0 amide bonds. The standard InChI is InChI=1S/C14H23NO2/c1-3-4-8-16-9-10-17-12(2)13-6-5-7-14(15)11-13/h5-7,11-12H,3-4,8-10,15H2,1-2H3. The van der Waals surface area contributed by atoms with Gasteiger partial charge in [0.15, 0.2) is 0 Å². The zero-order valence-electron chi connectivity index (χ0n) is 10.8. The van der Waals surface area contributed by atoms with Gasteiger partial charge in [-0.05, 0) is 31.0 Å². The lowest BCUT2D eigenvalue weighted by Gasteiger charge is -2.14. The van der Waals surface area contributed by atoms with Crippen LogP contribution in [0.5, 0.6) is 0 Å². The molecule has 1 rings (SSSR count). The highest BCUT2D eigenvalue weighted by Crippen LogP contribution is 2.18. The number of anilines is 1. The molecule has 0 aromatic heterocycles. The molecule has 0 spiro atoms. The van der Waals surface area contributed by atoms with Crippen molar-refractivity contribution in [2.24, 2.45) is 0 Å². The van der Waals surface area contributed by atoms with Gasteiger partial charge in [0.25, 0.3) is 0 Å². The second-order valence-corrected chi connectivity index (χ2v) is 4.15. The Hall–Kier alpha value is -1.06. The Morgan fingerprint density at radius 2 is 2.06 bits per heavy atom. The Morgan fingerprint density at radius 1 is 1.24 bits per heavy atom. The van der Waals surface area contributed by atoms with Crippen molar-refractivity contribution in [3.63, 3.8) is 0 Å². The van der Waals surface area contributed by atoms with Gasteiger partial charge in [0, 0.05) is 12.3 Å². The molecular formula is C14H23NO2. The maximum Gasteiger partial charge on any atom is 0.0798 e. The molecule has 0 radical (unpaired) electrons. The molecule has 17 heavy (non-hydrogen) atoms. The first-order valence-electron chi connectivity index (χ1n) is 6.28. The number of nitrogens with two attached hydrogens (primary N) is 1. The fraction of sp³-hybridized carbons (Fsp3) is 0.571. The van der Waals surface area contributed by atoms with E-state index >= 15 is 0 Å². The zero-order valence-corrected chi connectivity index (χ0v) is 10.8. The van der Waals surface area contributed by atoms with Crippen LogP contribution in [0.25, 0.3) is 0 Å².